The lowest BCUT2D eigenvalue weighted by Gasteiger charge is -2.16. The second-order valence-corrected chi connectivity index (χ2v) is 7.50. The molecule has 4 rings (SSSR count). The summed E-state index contributed by atoms with van der Waals surface area (Å²) >= 11 is 1.22. The van der Waals surface area contributed by atoms with Crippen LogP contribution in [0.2, 0.25) is 0 Å². The zero-order chi connectivity index (χ0) is 19.5. The number of amides is 2. The molecule has 0 unspecified atom stereocenters. The van der Waals surface area contributed by atoms with Gasteiger partial charge in [0.25, 0.3) is 0 Å². The van der Waals surface area contributed by atoms with E-state index in [2.05, 4.69) is 15.3 Å². The van der Waals surface area contributed by atoms with E-state index in [0.29, 0.717) is 30.2 Å². The van der Waals surface area contributed by atoms with Crippen LogP contribution in [0.3, 0.4) is 0 Å². The summed E-state index contributed by atoms with van der Waals surface area (Å²) in [6, 6.07) is 8.72. The molecule has 1 aliphatic heterocycles. The second kappa shape index (κ2) is 7.93. The lowest BCUT2D eigenvalue weighted by atomic mass is 10.2. The van der Waals surface area contributed by atoms with Crippen LogP contribution in [0.1, 0.15) is 16.8 Å². The maximum atomic E-state index is 13.3. The highest BCUT2D eigenvalue weighted by Crippen LogP contribution is 2.28. The molecule has 0 radical (unpaired) electrons. The molecule has 8 heteroatoms. The molecule has 0 bridgehead atoms. The van der Waals surface area contributed by atoms with Crippen LogP contribution >= 0.6 is 11.8 Å². The lowest BCUT2D eigenvalue weighted by molar-refractivity contribution is 0.198. The molecule has 2 amide bonds. The van der Waals surface area contributed by atoms with E-state index < -0.39 is 11.6 Å². The van der Waals surface area contributed by atoms with Crippen molar-refractivity contribution in [2.45, 2.75) is 29.4 Å². The number of nitrogens with zero attached hydrogens (tertiary/aromatic N) is 3. The van der Waals surface area contributed by atoms with Crippen LogP contribution in [-0.2, 0) is 19.6 Å². The molecule has 3 heterocycles. The van der Waals surface area contributed by atoms with Crippen LogP contribution in [0.5, 0.6) is 0 Å². The average Bonchev–Trinajstić information content (AvgIpc) is 3.11. The number of hydrogen-bond donors (Lipinski definition) is 1. The maximum absolute atomic E-state index is 13.3. The fourth-order valence-corrected chi connectivity index (χ4v) is 3.80. The van der Waals surface area contributed by atoms with E-state index in [-0.39, 0.29) is 6.03 Å². The molecular weight excluding hydrogens is 382 g/mol. The molecule has 0 spiro atoms. The number of nitrogens with one attached hydrogen (secondary N) is 1. The van der Waals surface area contributed by atoms with Gasteiger partial charge < -0.3 is 10.2 Å². The first-order chi connectivity index (χ1) is 13.6. The fraction of sp³-hybridized carbons (Fsp3) is 0.150. The van der Waals surface area contributed by atoms with Crippen molar-refractivity contribution in [3.63, 3.8) is 0 Å². The highest BCUT2D eigenvalue weighted by Gasteiger charge is 2.22. The Balaban J connectivity index is 1.32. The Hall–Kier alpha value is -3.00. The van der Waals surface area contributed by atoms with E-state index in [1.165, 1.54) is 23.9 Å². The van der Waals surface area contributed by atoms with Gasteiger partial charge >= 0.3 is 6.03 Å². The molecule has 142 valence electrons. The quantitative estimate of drug-likeness (QED) is 0.718. The monoisotopic (exact) mass is 398 g/mol. The molecule has 1 aromatic carbocycles. The van der Waals surface area contributed by atoms with Crippen molar-refractivity contribution in [1.29, 1.82) is 0 Å². The van der Waals surface area contributed by atoms with Crippen molar-refractivity contribution in [2.75, 3.05) is 0 Å². The Kier molecular flexibility index (Phi) is 5.21. The minimum absolute atomic E-state index is 0.160. The molecule has 28 heavy (non-hydrogen) atoms. The standard InChI is InChI=1S/C20H16F2N4OS/c21-15-5-16(22)7-19(6-15)28-18-2-1-17(24-10-18)9-25-20(27)26-11-13-3-4-23-8-14(13)12-26/h1-8,10H,9,11-12H2,(H,25,27). The highest BCUT2D eigenvalue weighted by molar-refractivity contribution is 7.99. The minimum atomic E-state index is -0.616. The van der Waals surface area contributed by atoms with E-state index in [9.17, 15) is 13.6 Å². The summed E-state index contributed by atoms with van der Waals surface area (Å²) in [5.74, 6) is -1.23. The third kappa shape index (κ3) is 4.28. The van der Waals surface area contributed by atoms with Gasteiger partial charge in [-0.25, -0.2) is 13.6 Å². The molecule has 0 aliphatic carbocycles. The van der Waals surface area contributed by atoms with Gasteiger partial charge in [0.1, 0.15) is 11.6 Å². The molecule has 0 saturated heterocycles. The zero-order valence-electron chi connectivity index (χ0n) is 14.7. The van der Waals surface area contributed by atoms with Gasteiger partial charge in [-0.15, -0.1) is 0 Å². The van der Waals surface area contributed by atoms with Gasteiger partial charge in [-0.1, -0.05) is 11.8 Å². The number of halogens is 2. The number of pyridine rings is 2. The third-order valence-electron chi connectivity index (χ3n) is 4.30. The van der Waals surface area contributed by atoms with Crippen LogP contribution in [0, 0.1) is 11.6 Å². The molecule has 2 aromatic heterocycles. The van der Waals surface area contributed by atoms with Gasteiger partial charge in [-0.05, 0) is 41.5 Å². The molecular formula is C20H16F2N4OS. The van der Waals surface area contributed by atoms with Crippen LogP contribution in [0.4, 0.5) is 13.6 Å². The fourth-order valence-electron chi connectivity index (χ4n) is 2.94. The predicted octanol–water partition coefficient (Wildman–Crippen LogP) is 4.13. The molecule has 0 atom stereocenters. The van der Waals surface area contributed by atoms with E-state index in [1.807, 2.05) is 6.07 Å². The number of hydrogen-bond acceptors (Lipinski definition) is 4. The number of carbonyl (C=O) groups excluding carboxylic acids is 1. The normalized spacial score (nSPS) is 12.7. The maximum Gasteiger partial charge on any atom is 0.318 e. The smallest absolute Gasteiger partial charge is 0.318 e. The van der Waals surface area contributed by atoms with Crippen molar-refractivity contribution in [3.8, 4) is 0 Å². The summed E-state index contributed by atoms with van der Waals surface area (Å²) in [6.07, 6.45) is 5.12. The summed E-state index contributed by atoms with van der Waals surface area (Å²) in [4.78, 5) is 23.7. The van der Waals surface area contributed by atoms with Crippen LogP contribution in [0.25, 0.3) is 0 Å². The zero-order valence-corrected chi connectivity index (χ0v) is 15.5. The molecule has 1 aliphatic rings. The third-order valence-corrected chi connectivity index (χ3v) is 5.25. The molecule has 1 N–H and O–H groups in total. The van der Waals surface area contributed by atoms with Crippen LogP contribution in [-0.4, -0.2) is 20.9 Å². The molecule has 0 fully saturated rings. The lowest BCUT2D eigenvalue weighted by Crippen LogP contribution is -2.36. The number of fused-ring (bicyclic) bond motifs is 1. The highest BCUT2D eigenvalue weighted by atomic mass is 32.2. The average molecular weight is 398 g/mol. The molecule has 0 saturated carbocycles. The first-order valence-electron chi connectivity index (χ1n) is 8.60. The first-order valence-corrected chi connectivity index (χ1v) is 9.42. The van der Waals surface area contributed by atoms with Crippen molar-refractivity contribution in [3.05, 3.63) is 83.4 Å². The number of carbonyl (C=O) groups is 1. The Morgan fingerprint density at radius 1 is 1.04 bits per heavy atom. The van der Waals surface area contributed by atoms with Crippen molar-refractivity contribution in [1.82, 2.24) is 20.2 Å². The molecule has 3 aromatic rings. The SMILES string of the molecule is O=C(NCc1ccc(Sc2cc(F)cc(F)c2)cn1)N1Cc2ccncc2C1. The van der Waals surface area contributed by atoms with Crippen molar-refractivity contribution < 1.29 is 13.6 Å². The first kappa shape index (κ1) is 18.4. The number of benzene rings is 1. The van der Waals surface area contributed by atoms with Crippen LogP contribution < -0.4 is 5.32 Å². The van der Waals surface area contributed by atoms with Gasteiger partial charge in [-0.2, -0.15) is 0 Å². The summed E-state index contributed by atoms with van der Waals surface area (Å²) in [5.41, 5.74) is 2.87. The number of rotatable bonds is 4. The van der Waals surface area contributed by atoms with Gasteiger partial charge in [0.15, 0.2) is 0 Å². The summed E-state index contributed by atoms with van der Waals surface area (Å²) in [5, 5.41) is 2.86. The van der Waals surface area contributed by atoms with E-state index >= 15 is 0 Å². The van der Waals surface area contributed by atoms with Gasteiger partial charge in [-0.3, -0.25) is 9.97 Å². The van der Waals surface area contributed by atoms with Gasteiger partial charge in [0.2, 0.25) is 0 Å². The van der Waals surface area contributed by atoms with Crippen LogP contribution in [0.15, 0.2) is 64.8 Å². The topological polar surface area (TPSA) is 58.1 Å². The Morgan fingerprint density at radius 3 is 2.54 bits per heavy atom. The predicted molar refractivity (Wildman–Crippen MR) is 100 cm³/mol. The van der Waals surface area contributed by atoms with Gasteiger partial charge in [0, 0.05) is 47.5 Å². The Bertz CT molecular complexity index is 968. The van der Waals surface area contributed by atoms with E-state index in [0.717, 1.165) is 22.1 Å². The summed E-state index contributed by atoms with van der Waals surface area (Å²) in [6.45, 7) is 1.41. The summed E-state index contributed by atoms with van der Waals surface area (Å²) in [7, 11) is 0. The second-order valence-electron chi connectivity index (χ2n) is 6.35. The largest absolute Gasteiger partial charge is 0.332 e. The number of aromatic nitrogens is 2. The Morgan fingerprint density at radius 2 is 1.82 bits per heavy atom. The van der Waals surface area contributed by atoms with E-state index in [1.54, 1.807) is 35.6 Å². The molecule has 5 nitrogen and oxygen atoms in total. The van der Waals surface area contributed by atoms with E-state index in [4.69, 9.17) is 0 Å². The Labute approximate surface area is 164 Å². The van der Waals surface area contributed by atoms with Crippen molar-refractivity contribution in [2.24, 2.45) is 0 Å². The minimum Gasteiger partial charge on any atom is -0.332 e. The summed E-state index contributed by atoms with van der Waals surface area (Å²) < 4.78 is 26.5. The number of urea groups is 1. The van der Waals surface area contributed by atoms with Gasteiger partial charge in [0.05, 0.1) is 12.2 Å². The van der Waals surface area contributed by atoms with Crippen molar-refractivity contribution >= 4 is 17.8 Å².